The summed E-state index contributed by atoms with van der Waals surface area (Å²) >= 11 is 0. The van der Waals surface area contributed by atoms with Crippen molar-refractivity contribution in [3.05, 3.63) is 64.2 Å². The fourth-order valence-corrected chi connectivity index (χ4v) is 2.30. The zero-order valence-electron chi connectivity index (χ0n) is 15.2. The van der Waals surface area contributed by atoms with Gasteiger partial charge in [0, 0.05) is 24.9 Å². The Labute approximate surface area is 163 Å². The van der Waals surface area contributed by atoms with Crippen LogP contribution in [-0.2, 0) is 6.18 Å². The molecule has 0 aliphatic carbocycles. The van der Waals surface area contributed by atoms with Crippen LogP contribution in [-0.4, -0.2) is 47.3 Å². The second kappa shape index (κ2) is 9.24. The lowest BCUT2D eigenvalue weighted by Crippen LogP contribution is -2.39. The highest BCUT2D eigenvalue weighted by Crippen LogP contribution is 2.30. The number of aliphatic hydroxyl groups is 1. The molecule has 2 aromatic rings. The lowest BCUT2D eigenvalue weighted by atomic mass is 10.2. The average molecular weight is 413 g/mol. The molecule has 29 heavy (non-hydrogen) atoms. The van der Waals surface area contributed by atoms with Crippen molar-refractivity contribution in [2.75, 3.05) is 25.5 Å². The van der Waals surface area contributed by atoms with Gasteiger partial charge in [-0.25, -0.2) is 4.79 Å². The van der Waals surface area contributed by atoms with Crippen LogP contribution in [0.1, 0.15) is 5.56 Å². The average Bonchev–Trinajstić information content (AvgIpc) is 2.66. The van der Waals surface area contributed by atoms with Crippen LogP contribution in [0.5, 0.6) is 5.75 Å². The van der Waals surface area contributed by atoms with Crippen LogP contribution in [0.25, 0.3) is 0 Å². The van der Waals surface area contributed by atoms with E-state index < -0.39 is 28.8 Å². The SMILES string of the molecule is CN(C[C@@H](O)COc1ccc(C(F)(F)F)cc1)C(=O)Nc1cccc([N+](=O)[O-])c1. The maximum Gasteiger partial charge on any atom is 0.416 e. The van der Waals surface area contributed by atoms with E-state index in [-0.39, 0.29) is 30.3 Å². The highest BCUT2D eigenvalue weighted by molar-refractivity contribution is 5.89. The molecule has 0 fully saturated rings. The van der Waals surface area contributed by atoms with Crippen molar-refractivity contribution in [1.82, 2.24) is 4.90 Å². The Morgan fingerprint density at radius 3 is 2.52 bits per heavy atom. The van der Waals surface area contributed by atoms with Gasteiger partial charge in [-0.15, -0.1) is 0 Å². The van der Waals surface area contributed by atoms with Crippen molar-refractivity contribution in [3.8, 4) is 5.75 Å². The number of urea groups is 1. The third kappa shape index (κ3) is 6.64. The highest BCUT2D eigenvalue weighted by atomic mass is 19.4. The minimum atomic E-state index is -4.45. The molecule has 1 atom stereocenters. The number of rotatable bonds is 7. The summed E-state index contributed by atoms with van der Waals surface area (Å²) in [6.45, 7) is -0.388. The van der Waals surface area contributed by atoms with Crippen LogP contribution in [0, 0.1) is 10.1 Å². The number of nitrogens with one attached hydrogen (secondary N) is 1. The van der Waals surface area contributed by atoms with E-state index in [2.05, 4.69) is 5.32 Å². The number of halogens is 3. The molecule has 156 valence electrons. The van der Waals surface area contributed by atoms with E-state index in [1.54, 1.807) is 0 Å². The Bertz CT molecular complexity index is 859. The van der Waals surface area contributed by atoms with Gasteiger partial charge in [0.1, 0.15) is 18.5 Å². The predicted octanol–water partition coefficient (Wildman–Crippen LogP) is 3.52. The van der Waals surface area contributed by atoms with E-state index in [0.717, 1.165) is 29.2 Å². The number of nitrogens with zero attached hydrogens (tertiary/aromatic N) is 2. The van der Waals surface area contributed by atoms with Crippen molar-refractivity contribution in [2.24, 2.45) is 0 Å². The minimum Gasteiger partial charge on any atom is -0.491 e. The molecule has 0 radical (unpaired) electrons. The Morgan fingerprint density at radius 2 is 1.93 bits per heavy atom. The van der Waals surface area contributed by atoms with Gasteiger partial charge >= 0.3 is 12.2 Å². The monoisotopic (exact) mass is 413 g/mol. The normalized spacial score (nSPS) is 12.2. The number of hydrogen-bond acceptors (Lipinski definition) is 5. The van der Waals surface area contributed by atoms with Crippen LogP contribution >= 0.6 is 0 Å². The van der Waals surface area contributed by atoms with Crippen molar-refractivity contribution in [3.63, 3.8) is 0 Å². The summed E-state index contributed by atoms with van der Waals surface area (Å²) in [6, 6.07) is 8.74. The lowest BCUT2D eigenvalue weighted by molar-refractivity contribution is -0.384. The van der Waals surface area contributed by atoms with Gasteiger partial charge < -0.3 is 20.1 Å². The first-order valence-electron chi connectivity index (χ1n) is 8.31. The van der Waals surface area contributed by atoms with Gasteiger partial charge in [-0.2, -0.15) is 13.2 Å². The molecule has 0 saturated heterocycles. The van der Waals surface area contributed by atoms with Crippen LogP contribution in [0.15, 0.2) is 48.5 Å². The topological polar surface area (TPSA) is 105 Å². The van der Waals surface area contributed by atoms with E-state index >= 15 is 0 Å². The van der Waals surface area contributed by atoms with Crippen LogP contribution in [0.2, 0.25) is 0 Å². The van der Waals surface area contributed by atoms with Gasteiger partial charge in [0.15, 0.2) is 0 Å². The minimum absolute atomic E-state index is 0.138. The maximum absolute atomic E-state index is 12.5. The standard InChI is InChI=1S/C18H18F3N3O5/c1-23(17(26)22-13-3-2-4-14(9-13)24(27)28)10-15(25)11-29-16-7-5-12(6-8-16)18(19,20)21/h2-9,15,25H,10-11H2,1H3,(H,22,26)/t15-/m1/s1. The van der Waals surface area contributed by atoms with Crippen LogP contribution < -0.4 is 10.1 Å². The number of likely N-dealkylation sites (N-methyl/N-ethyl adjacent to an activating group) is 1. The van der Waals surface area contributed by atoms with Crippen LogP contribution in [0.3, 0.4) is 0 Å². The number of anilines is 1. The zero-order chi connectivity index (χ0) is 21.6. The highest BCUT2D eigenvalue weighted by Gasteiger charge is 2.30. The van der Waals surface area contributed by atoms with Gasteiger partial charge in [0.2, 0.25) is 0 Å². The Kier molecular flexibility index (Phi) is 6.99. The molecule has 8 nitrogen and oxygen atoms in total. The number of non-ortho nitro benzene ring substituents is 1. The molecular weight excluding hydrogens is 395 g/mol. The van der Waals surface area contributed by atoms with Crippen molar-refractivity contribution >= 4 is 17.4 Å². The Hall–Kier alpha value is -3.34. The first-order chi connectivity index (χ1) is 13.6. The second-order valence-electron chi connectivity index (χ2n) is 6.11. The number of nitro benzene ring substituents is 1. The number of benzene rings is 2. The summed E-state index contributed by atoms with van der Waals surface area (Å²) < 4.78 is 42.8. The molecule has 11 heteroatoms. The zero-order valence-corrected chi connectivity index (χ0v) is 15.2. The summed E-state index contributed by atoms with van der Waals surface area (Å²) in [5.74, 6) is 0.140. The number of carbonyl (C=O) groups excluding carboxylic acids is 1. The molecule has 0 heterocycles. The first-order valence-corrected chi connectivity index (χ1v) is 8.31. The smallest absolute Gasteiger partial charge is 0.416 e. The van der Waals surface area contributed by atoms with E-state index in [9.17, 15) is 33.2 Å². The molecule has 0 aliphatic rings. The molecule has 0 unspecified atom stereocenters. The molecule has 2 N–H and O–H groups in total. The van der Waals surface area contributed by atoms with Gasteiger partial charge in [-0.05, 0) is 30.3 Å². The number of ether oxygens (including phenoxy) is 1. The van der Waals surface area contributed by atoms with Gasteiger partial charge in [0.25, 0.3) is 5.69 Å². The Balaban J connectivity index is 1.83. The number of hydrogen-bond donors (Lipinski definition) is 2. The number of amides is 2. The van der Waals surface area contributed by atoms with Gasteiger partial charge in [-0.3, -0.25) is 10.1 Å². The Morgan fingerprint density at radius 1 is 1.28 bits per heavy atom. The molecule has 0 spiro atoms. The molecule has 2 aromatic carbocycles. The summed E-state index contributed by atoms with van der Waals surface area (Å²) in [4.78, 5) is 23.4. The maximum atomic E-state index is 12.5. The number of aliphatic hydroxyl groups excluding tert-OH is 1. The molecule has 0 aromatic heterocycles. The summed E-state index contributed by atoms with van der Waals surface area (Å²) in [5, 5.41) is 23.2. The third-order valence-electron chi connectivity index (χ3n) is 3.76. The van der Waals surface area contributed by atoms with Gasteiger partial charge in [0.05, 0.1) is 17.0 Å². The van der Waals surface area contributed by atoms with E-state index in [0.29, 0.717) is 0 Å². The predicted molar refractivity (Wildman–Crippen MR) is 97.7 cm³/mol. The van der Waals surface area contributed by atoms with Crippen molar-refractivity contribution < 1.29 is 32.7 Å². The fraction of sp³-hybridized carbons (Fsp3) is 0.278. The molecule has 0 aliphatic heterocycles. The van der Waals surface area contributed by atoms with E-state index in [1.807, 2.05) is 0 Å². The first kappa shape index (κ1) is 22.0. The number of nitro groups is 1. The molecule has 2 amide bonds. The molecular formula is C18H18F3N3O5. The summed E-state index contributed by atoms with van der Waals surface area (Å²) in [6.07, 6.45) is -5.56. The quantitative estimate of drug-likeness (QED) is 0.534. The molecule has 0 bridgehead atoms. The van der Waals surface area contributed by atoms with Crippen LogP contribution in [0.4, 0.5) is 29.3 Å². The third-order valence-corrected chi connectivity index (χ3v) is 3.76. The second-order valence-corrected chi connectivity index (χ2v) is 6.11. The summed E-state index contributed by atoms with van der Waals surface area (Å²) in [7, 11) is 1.40. The fourth-order valence-electron chi connectivity index (χ4n) is 2.30. The van der Waals surface area contributed by atoms with E-state index in [1.165, 1.54) is 31.3 Å². The molecule has 2 rings (SSSR count). The lowest BCUT2D eigenvalue weighted by Gasteiger charge is -2.21. The number of carbonyl (C=O) groups is 1. The van der Waals surface area contributed by atoms with E-state index in [4.69, 9.17) is 4.74 Å². The largest absolute Gasteiger partial charge is 0.491 e. The van der Waals surface area contributed by atoms with Crippen molar-refractivity contribution in [1.29, 1.82) is 0 Å². The number of alkyl halides is 3. The summed E-state index contributed by atoms with van der Waals surface area (Å²) in [5.41, 5.74) is -0.787. The van der Waals surface area contributed by atoms with Gasteiger partial charge in [-0.1, -0.05) is 6.07 Å². The van der Waals surface area contributed by atoms with Crippen molar-refractivity contribution in [2.45, 2.75) is 12.3 Å². The molecule has 0 saturated carbocycles.